The number of hydrogen-bond donors (Lipinski definition) is 1. The van der Waals surface area contributed by atoms with Crippen molar-refractivity contribution < 1.29 is 18.6 Å². The van der Waals surface area contributed by atoms with Crippen molar-refractivity contribution in [3.05, 3.63) is 95.3 Å². The molecule has 34 heavy (non-hydrogen) atoms. The van der Waals surface area contributed by atoms with E-state index in [0.717, 1.165) is 37.9 Å². The van der Waals surface area contributed by atoms with Crippen LogP contribution in [0.5, 0.6) is 5.75 Å². The second kappa shape index (κ2) is 10.7. The molecule has 1 N–H and O–H groups in total. The lowest BCUT2D eigenvalue weighted by Crippen LogP contribution is -2.45. The van der Waals surface area contributed by atoms with Gasteiger partial charge in [-0.3, -0.25) is 4.98 Å². The van der Waals surface area contributed by atoms with Crippen molar-refractivity contribution in [2.75, 3.05) is 26.2 Å². The number of piperidine rings is 1. The fourth-order valence-corrected chi connectivity index (χ4v) is 4.63. The zero-order valence-corrected chi connectivity index (χ0v) is 18.8. The van der Waals surface area contributed by atoms with Crippen LogP contribution < -0.4 is 4.74 Å². The van der Waals surface area contributed by atoms with Gasteiger partial charge in [0.25, 0.3) is 0 Å². The number of likely N-dealkylation sites (tertiary alicyclic amines) is 1. The molecule has 1 aromatic heterocycles. The zero-order chi connectivity index (χ0) is 24.0. The Labute approximate surface area is 198 Å². The van der Waals surface area contributed by atoms with E-state index in [-0.39, 0.29) is 11.5 Å². The normalized spacial score (nSPS) is 16.5. The Morgan fingerprint density at radius 2 is 1.76 bits per heavy atom. The monoisotopic (exact) mass is 463 g/mol. The molecular formula is C27H27F2N3O2. The Bertz CT molecular complexity index is 1110. The van der Waals surface area contributed by atoms with Crippen molar-refractivity contribution in [3.8, 4) is 11.8 Å². The largest absolute Gasteiger partial charge is 0.494 e. The maximum atomic E-state index is 14.0. The van der Waals surface area contributed by atoms with Crippen LogP contribution in [-0.2, 0) is 5.60 Å². The second-order valence-corrected chi connectivity index (χ2v) is 8.59. The van der Waals surface area contributed by atoms with E-state index in [1.54, 1.807) is 48.7 Å². The smallest absolute Gasteiger partial charge is 0.134 e. The Balaban J connectivity index is 1.37. The maximum Gasteiger partial charge on any atom is 0.134 e. The lowest BCUT2D eigenvalue weighted by atomic mass is 9.73. The molecule has 7 heteroatoms. The minimum atomic E-state index is -1.57. The third-order valence-electron chi connectivity index (χ3n) is 6.41. The highest BCUT2D eigenvalue weighted by molar-refractivity contribution is 5.35. The predicted octanol–water partition coefficient (Wildman–Crippen LogP) is 4.65. The molecule has 0 radical (unpaired) electrons. The van der Waals surface area contributed by atoms with Crippen LogP contribution in [0.25, 0.3) is 0 Å². The van der Waals surface area contributed by atoms with Crippen molar-refractivity contribution >= 4 is 0 Å². The quantitative estimate of drug-likeness (QED) is 0.493. The molecule has 176 valence electrons. The van der Waals surface area contributed by atoms with Crippen LogP contribution in [0.3, 0.4) is 0 Å². The SMILES string of the molecule is N#Cc1ccc(OCCCN2CCC(C(O)(c3cc(F)cc(F)c3)c3ccccn3)CC2)cc1. The van der Waals surface area contributed by atoms with Gasteiger partial charge < -0.3 is 14.7 Å². The van der Waals surface area contributed by atoms with Crippen molar-refractivity contribution in [1.82, 2.24) is 9.88 Å². The molecule has 0 spiro atoms. The van der Waals surface area contributed by atoms with Crippen LogP contribution in [0.4, 0.5) is 8.78 Å². The van der Waals surface area contributed by atoms with E-state index in [1.807, 2.05) is 0 Å². The number of nitrogens with zero attached hydrogens (tertiary/aromatic N) is 3. The summed E-state index contributed by atoms with van der Waals surface area (Å²) < 4.78 is 33.8. The summed E-state index contributed by atoms with van der Waals surface area (Å²) in [5, 5.41) is 20.7. The van der Waals surface area contributed by atoms with Crippen molar-refractivity contribution in [1.29, 1.82) is 5.26 Å². The summed E-state index contributed by atoms with van der Waals surface area (Å²) in [6.07, 6.45) is 3.76. The molecule has 0 amide bonds. The molecule has 2 aromatic carbocycles. The Morgan fingerprint density at radius 3 is 2.38 bits per heavy atom. The molecule has 0 saturated carbocycles. The van der Waals surface area contributed by atoms with Crippen molar-refractivity contribution in [2.24, 2.45) is 5.92 Å². The molecule has 1 fully saturated rings. The number of pyridine rings is 1. The first-order valence-corrected chi connectivity index (χ1v) is 11.4. The highest BCUT2D eigenvalue weighted by Crippen LogP contribution is 2.41. The Kier molecular flexibility index (Phi) is 7.51. The van der Waals surface area contributed by atoms with Crippen LogP contribution in [-0.4, -0.2) is 41.2 Å². The van der Waals surface area contributed by atoms with Gasteiger partial charge in [-0.15, -0.1) is 0 Å². The fraction of sp³-hybridized carbons (Fsp3) is 0.333. The van der Waals surface area contributed by atoms with Gasteiger partial charge in [-0.1, -0.05) is 6.07 Å². The number of ether oxygens (including phenoxy) is 1. The molecule has 4 rings (SSSR count). The molecule has 1 saturated heterocycles. The highest BCUT2D eigenvalue weighted by Gasteiger charge is 2.43. The number of benzene rings is 2. The topological polar surface area (TPSA) is 69.4 Å². The number of nitriles is 1. The van der Waals surface area contributed by atoms with E-state index in [9.17, 15) is 13.9 Å². The lowest BCUT2D eigenvalue weighted by Gasteiger charge is -2.41. The molecule has 1 atom stereocenters. The Hall–Kier alpha value is -3.34. The molecule has 1 aliphatic heterocycles. The molecule has 5 nitrogen and oxygen atoms in total. The molecule has 0 aliphatic carbocycles. The minimum Gasteiger partial charge on any atom is -0.494 e. The number of halogens is 2. The van der Waals surface area contributed by atoms with Gasteiger partial charge in [0.1, 0.15) is 23.0 Å². The first-order valence-electron chi connectivity index (χ1n) is 11.4. The highest BCUT2D eigenvalue weighted by atomic mass is 19.1. The number of aromatic nitrogens is 1. The molecule has 1 aliphatic rings. The van der Waals surface area contributed by atoms with Crippen LogP contribution in [0.2, 0.25) is 0 Å². The van der Waals surface area contributed by atoms with E-state index in [4.69, 9.17) is 10.00 Å². The van der Waals surface area contributed by atoms with E-state index >= 15 is 0 Å². The van der Waals surface area contributed by atoms with Gasteiger partial charge in [-0.2, -0.15) is 5.26 Å². The van der Waals surface area contributed by atoms with Gasteiger partial charge >= 0.3 is 0 Å². The number of rotatable bonds is 8. The summed E-state index contributed by atoms with van der Waals surface area (Å²) in [5.41, 5.74) is -0.385. The summed E-state index contributed by atoms with van der Waals surface area (Å²) in [7, 11) is 0. The van der Waals surface area contributed by atoms with E-state index in [2.05, 4.69) is 16.0 Å². The fourth-order valence-electron chi connectivity index (χ4n) is 4.63. The molecule has 0 bridgehead atoms. The first-order chi connectivity index (χ1) is 16.5. The van der Waals surface area contributed by atoms with Gasteiger partial charge in [0.15, 0.2) is 0 Å². The van der Waals surface area contributed by atoms with Gasteiger partial charge in [-0.05, 0) is 86.4 Å². The number of hydrogen-bond acceptors (Lipinski definition) is 5. The van der Waals surface area contributed by atoms with Crippen LogP contribution >= 0.6 is 0 Å². The standard InChI is InChI=1S/C27H27F2N3O2/c28-23-16-22(17-24(29)18-23)27(33,26-4-1-2-11-31-26)21-9-13-32(14-10-21)12-3-15-34-25-7-5-20(19-30)6-8-25/h1-2,4-8,11,16-18,21,33H,3,9-10,12-15H2. The van der Waals surface area contributed by atoms with Gasteiger partial charge in [-0.25, -0.2) is 8.78 Å². The minimum absolute atomic E-state index is 0.193. The summed E-state index contributed by atoms with van der Waals surface area (Å²) in [6.45, 7) is 2.93. The van der Waals surface area contributed by atoms with Gasteiger partial charge in [0, 0.05) is 24.7 Å². The summed E-state index contributed by atoms with van der Waals surface area (Å²) >= 11 is 0. The average Bonchev–Trinajstić information content (AvgIpc) is 2.87. The second-order valence-electron chi connectivity index (χ2n) is 8.59. The molecular weight excluding hydrogens is 436 g/mol. The summed E-state index contributed by atoms with van der Waals surface area (Å²) in [5.74, 6) is -0.927. The zero-order valence-electron chi connectivity index (χ0n) is 18.8. The third-order valence-corrected chi connectivity index (χ3v) is 6.41. The summed E-state index contributed by atoms with van der Waals surface area (Å²) in [4.78, 5) is 6.65. The van der Waals surface area contributed by atoms with Crippen LogP contribution in [0.1, 0.15) is 36.1 Å². The van der Waals surface area contributed by atoms with E-state index in [1.165, 1.54) is 12.1 Å². The lowest BCUT2D eigenvalue weighted by molar-refractivity contribution is -0.0183. The van der Waals surface area contributed by atoms with Gasteiger partial charge in [0.05, 0.1) is 23.9 Å². The summed E-state index contributed by atoms with van der Waals surface area (Å²) in [6, 6.07) is 17.6. The molecule has 2 heterocycles. The Morgan fingerprint density at radius 1 is 1.06 bits per heavy atom. The molecule has 3 aromatic rings. The van der Waals surface area contributed by atoms with Crippen molar-refractivity contribution in [2.45, 2.75) is 24.9 Å². The average molecular weight is 464 g/mol. The van der Waals surface area contributed by atoms with Crippen LogP contribution in [0, 0.1) is 28.9 Å². The van der Waals surface area contributed by atoms with E-state index < -0.39 is 17.2 Å². The third kappa shape index (κ3) is 5.41. The first kappa shape index (κ1) is 23.8. The van der Waals surface area contributed by atoms with E-state index in [0.29, 0.717) is 30.7 Å². The number of aliphatic hydroxyl groups is 1. The molecule has 1 unspecified atom stereocenters. The van der Waals surface area contributed by atoms with Gasteiger partial charge in [0.2, 0.25) is 0 Å². The van der Waals surface area contributed by atoms with Crippen LogP contribution in [0.15, 0.2) is 66.9 Å². The predicted molar refractivity (Wildman–Crippen MR) is 124 cm³/mol. The maximum absolute atomic E-state index is 14.0. The van der Waals surface area contributed by atoms with Crippen molar-refractivity contribution in [3.63, 3.8) is 0 Å².